The second kappa shape index (κ2) is 10.2. The van der Waals surface area contributed by atoms with E-state index < -0.39 is 5.92 Å². The van der Waals surface area contributed by atoms with E-state index in [0.717, 1.165) is 17.5 Å². The summed E-state index contributed by atoms with van der Waals surface area (Å²) in [5.74, 6) is 0.789. The molecule has 0 spiro atoms. The molecule has 2 aliphatic heterocycles. The molecule has 0 saturated heterocycles. The Morgan fingerprint density at radius 1 is 1.06 bits per heavy atom. The highest BCUT2D eigenvalue weighted by molar-refractivity contribution is 5.85. The Labute approximate surface area is 209 Å². The highest BCUT2D eigenvalue weighted by Gasteiger charge is 2.26. The van der Waals surface area contributed by atoms with Crippen molar-refractivity contribution in [2.24, 2.45) is 0 Å². The zero-order chi connectivity index (χ0) is 25.1. The van der Waals surface area contributed by atoms with Crippen molar-refractivity contribution >= 4 is 11.8 Å². The number of nitrogens with zero attached hydrogens (tertiary/aromatic N) is 1. The van der Waals surface area contributed by atoms with Gasteiger partial charge in [0.1, 0.15) is 11.5 Å². The highest BCUT2D eigenvalue weighted by atomic mass is 16.7. The summed E-state index contributed by atoms with van der Waals surface area (Å²) in [5, 5.41) is 13.5. The molecule has 0 saturated carbocycles. The lowest BCUT2D eigenvalue weighted by Crippen LogP contribution is -2.42. The van der Waals surface area contributed by atoms with Gasteiger partial charge >= 0.3 is 0 Å². The molecule has 2 heterocycles. The fourth-order valence-corrected chi connectivity index (χ4v) is 4.72. The first-order chi connectivity index (χ1) is 17.5. The lowest BCUT2D eigenvalue weighted by atomic mass is 9.87. The van der Waals surface area contributed by atoms with E-state index in [1.807, 2.05) is 42.5 Å². The summed E-state index contributed by atoms with van der Waals surface area (Å²) in [7, 11) is 1.58. The normalized spacial score (nSPS) is 14.6. The van der Waals surface area contributed by atoms with Crippen molar-refractivity contribution in [3.63, 3.8) is 0 Å². The molecule has 2 aliphatic rings. The Kier molecular flexibility index (Phi) is 6.66. The Morgan fingerprint density at radius 2 is 1.78 bits per heavy atom. The lowest BCUT2D eigenvalue weighted by molar-refractivity contribution is -0.133. The minimum Gasteiger partial charge on any atom is -0.508 e. The lowest BCUT2D eigenvalue weighted by Gasteiger charge is -2.29. The molecule has 1 atom stereocenters. The van der Waals surface area contributed by atoms with Crippen LogP contribution in [0.25, 0.3) is 0 Å². The smallest absolute Gasteiger partial charge is 0.242 e. The number of phenolic OH excluding ortho intramolecular Hbond substituents is 1. The third-order valence-electron chi connectivity index (χ3n) is 6.73. The molecule has 0 aliphatic carbocycles. The van der Waals surface area contributed by atoms with E-state index in [1.165, 1.54) is 11.6 Å². The van der Waals surface area contributed by atoms with E-state index >= 15 is 0 Å². The average Bonchev–Trinajstić information content (AvgIpc) is 3.37. The van der Waals surface area contributed by atoms with Crippen LogP contribution >= 0.6 is 0 Å². The molecule has 1 unspecified atom stereocenters. The SMILES string of the molecule is COc1ccc(C(CC(=O)NCC(=O)N2CCc3ccccc3C2)c2cc3c(cc2O)OCO3)cc1. The summed E-state index contributed by atoms with van der Waals surface area (Å²) >= 11 is 0. The third kappa shape index (κ3) is 4.93. The number of benzene rings is 3. The van der Waals surface area contributed by atoms with Crippen molar-refractivity contribution in [2.45, 2.75) is 25.3 Å². The van der Waals surface area contributed by atoms with Crippen LogP contribution in [0.2, 0.25) is 0 Å². The van der Waals surface area contributed by atoms with Crippen molar-refractivity contribution in [1.29, 1.82) is 0 Å². The first kappa shape index (κ1) is 23.5. The number of hydrogen-bond donors (Lipinski definition) is 2. The van der Waals surface area contributed by atoms with Crippen molar-refractivity contribution < 1.29 is 28.9 Å². The van der Waals surface area contributed by atoms with Crippen LogP contribution in [0.1, 0.15) is 34.6 Å². The number of rotatable bonds is 7. The van der Waals surface area contributed by atoms with Crippen molar-refractivity contribution in [2.75, 3.05) is 27.0 Å². The average molecular weight is 489 g/mol. The molecule has 0 fully saturated rings. The summed E-state index contributed by atoms with van der Waals surface area (Å²) in [4.78, 5) is 27.6. The Hall–Kier alpha value is -4.20. The zero-order valence-corrected chi connectivity index (χ0v) is 20.0. The van der Waals surface area contributed by atoms with Gasteiger partial charge in [0.05, 0.1) is 13.7 Å². The molecule has 3 aromatic carbocycles. The van der Waals surface area contributed by atoms with Gasteiger partial charge in [0.25, 0.3) is 0 Å². The summed E-state index contributed by atoms with van der Waals surface area (Å²) < 4.78 is 16.1. The van der Waals surface area contributed by atoms with Gasteiger partial charge in [-0.25, -0.2) is 0 Å². The summed E-state index contributed by atoms with van der Waals surface area (Å²) in [6, 6.07) is 18.6. The van der Waals surface area contributed by atoms with Crippen LogP contribution in [0.4, 0.5) is 0 Å². The van der Waals surface area contributed by atoms with Crippen molar-refractivity contribution in [3.8, 4) is 23.0 Å². The molecule has 5 rings (SSSR count). The Bertz CT molecular complexity index is 1270. The summed E-state index contributed by atoms with van der Waals surface area (Å²) in [6.07, 6.45) is 0.842. The largest absolute Gasteiger partial charge is 0.508 e. The van der Waals surface area contributed by atoms with E-state index in [2.05, 4.69) is 11.4 Å². The van der Waals surface area contributed by atoms with Gasteiger partial charge in [-0.3, -0.25) is 9.59 Å². The number of hydrogen-bond acceptors (Lipinski definition) is 6. The van der Waals surface area contributed by atoms with Gasteiger partial charge in [0.15, 0.2) is 11.5 Å². The van der Waals surface area contributed by atoms with Crippen LogP contribution in [-0.2, 0) is 22.6 Å². The number of ether oxygens (including phenoxy) is 3. The zero-order valence-electron chi connectivity index (χ0n) is 20.0. The Morgan fingerprint density at radius 3 is 2.53 bits per heavy atom. The van der Waals surface area contributed by atoms with Gasteiger partial charge in [-0.2, -0.15) is 0 Å². The monoisotopic (exact) mass is 488 g/mol. The summed E-state index contributed by atoms with van der Waals surface area (Å²) in [5.41, 5.74) is 3.76. The van der Waals surface area contributed by atoms with Gasteiger partial charge in [-0.05, 0) is 41.3 Å². The molecule has 2 amide bonds. The maximum absolute atomic E-state index is 13.0. The van der Waals surface area contributed by atoms with Gasteiger partial charge in [-0.15, -0.1) is 0 Å². The van der Waals surface area contributed by atoms with Gasteiger partial charge in [0, 0.05) is 37.1 Å². The number of phenols is 1. The molecular formula is C28H28N2O6. The first-order valence-electron chi connectivity index (χ1n) is 11.9. The number of amides is 2. The van der Waals surface area contributed by atoms with E-state index in [0.29, 0.717) is 35.9 Å². The second-order valence-electron chi connectivity index (χ2n) is 8.90. The van der Waals surface area contributed by atoms with E-state index in [9.17, 15) is 14.7 Å². The molecule has 3 aromatic rings. The van der Waals surface area contributed by atoms with E-state index in [1.54, 1.807) is 18.1 Å². The van der Waals surface area contributed by atoms with Gasteiger partial charge in [0.2, 0.25) is 18.6 Å². The van der Waals surface area contributed by atoms with Crippen LogP contribution < -0.4 is 19.5 Å². The number of carbonyl (C=O) groups is 2. The predicted molar refractivity (Wildman–Crippen MR) is 132 cm³/mol. The molecule has 8 heteroatoms. The maximum atomic E-state index is 13.0. The Balaban J connectivity index is 1.29. The third-order valence-corrected chi connectivity index (χ3v) is 6.73. The second-order valence-corrected chi connectivity index (χ2v) is 8.90. The number of nitrogens with one attached hydrogen (secondary N) is 1. The number of methoxy groups -OCH3 is 1. The fraction of sp³-hybridized carbons (Fsp3) is 0.286. The molecule has 0 aromatic heterocycles. The van der Waals surface area contributed by atoms with Crippen LogP contribution in [0.15, 0.2) is 60.7 Å². The summed E-state index contributed by atoms with van der Waals surface area (Å²) in [6.45, 7) is 1.17. The molecule has 2 N–H and O–H groups in total. The van der Waals surface area contributed by atoms with Crippen LogP contribution in [0.5, 0.6) is 23.0 Å². The molecule has 0 bridgehead atoms. The minimum absolute atomic E-state index is 0.0101. The predicted octanol–water partition coefficient (Wildman–Crippen LogP) is 3.35. The van der Waals surface area contributed by atoms with E-state index in [-0.39, 0.29) is 37.3 Å². The molecule has 8 nitrogen and oxygen atoms in total. The maximum Gasteiger partial charge on any atom is 0.242 e. The van der Waals surface area contributed by atoms with Crippen LogP contribution in [0, 0.1) is 0 Å². The minimum atomic E-state index is -0.470. The van der Waals surface area contributed by atoms with Crippen molar-refractivity contribution in [1.82, 2.24) is 10.2 Å². The standard InChI is InChI=1S/C28H28N2O6/c1-34-21-8-6-19(7-9-21)22(23-12-25-26(14-24(23)31)36-17-35-25)13-27(32)29-15-28(33)30-11-10-18-4-2-3-5-20(18)16-30/h2-9,12,14,22,31H,10-11,13,15-17H2,1H3,(H,29,32). The molecule has 186 valence electrons. The number of fused-ring (bicyclic) bond motifs is 2. The molecule has 36 heavy (non-hydrogen) atoms. The van der Waals surface area contributed by atoms with Crippen LogP contribution in [0.3, 0.4) is 0 Å². The van der Waals surface area contributed by atoms with Gasteiger partial charge in [-0.1, -0.05) is 36.4 Å². The van der Waals surface area contributed by atoms with E-state index in [4.69, 9.17) is 14.2 Å². The highest BCUT2D eigenvalue weighted by Crippen LogP contribution is 2.43. The fourth-order valence-electron chi connectivity index (χ4n) is 4.72. The molecular weight excluding hydrogens is 460 g/mol. The quantitative estimate of drug-likeness (QED) is 0.530. The topological polar surface area (TPSA) is 97.3 Å². The van der Waals surface area contributed by atoms with Crippen LogP contribution in [-0.4, -0.2) is 48.8 Å². The van der Waals surface area contributed by atoms with Gasteiger partial charge < -0.3 is 29.5 Å². The number of carbonyl (C=O) groups excluding carboxylic acids is 2. The first-order valence-corrected chi connectivity index (χ1v) is 11.9. The molecule has 0 radical (unpaired) electrons. The van der Waals surface area contributed by atoms with Crippen molar-refractivity contribution in [3.05, 3.63) is 82.9 Å². The number of aromatic hydroxyl groups is 1.